The van der Waals surface area contributed by atoms with Gasteiger partial charge in [0.1, 0.15) is 0 Å². The standard InChI is InChI=1S/C36H40N2O4/c1-3-36(4-2,35(40)41)25-34(39)38-32-15-10-14-28(23-32)17-20-31-21-19-30-18-16-29(24-33(30)37-31)26-42-22-9-8-13-27-11-6-5-7-12-27/h5-7,10-12,14-21,23-24H,3-4,8-9,13,22,25-26H2,1-2H3,(H,38,39)(H,40,41)/b20-17+. The molecule has 0 saturated carbocycles. The van der Waals surface area contributed by atoms with Crippen molar-refractivity contribution >= 4 is 40.6 Å². The maximum Gasteiger partial charge on any atom is 0.310 e. The van der Waals surface area contributed by atoms with E-state index in [9.17, 15) is 14.7 Å². The Morgan fingerprint density at radius 1 is 0.881 bits per heavy atom. The lowest BCUT2D eigenvalue weighted by molar-refractivity contribution is -0.151. The summed E-state index contributed by atoms with van der Waals surface area (Å²) in [5.41, 5.74) is 4.69. The fourth-order valence-electron chi connectivity index (χ4n) is 5.02. The van der Waals surface area contributed by atoms with Crippen LogP contribution in [0.5, 0.6) is 0 Å². The van der Waals surface area contributed by atoms with Gasteiger partial charge in [0.25, 0.3) is 0 Å². The van der Waals surface area contributed by atoms with Crippen LogP contribution in [0.15, 0.2) is 84.9 Å². The Labute approximate surface area is 248 Å². The van der Waals surface area contributed by atoms with E-state index in [1.165, 1.54) is 5.56 Å². The number of aromatic nitrogens is 1. The maximum absolute atomic E-state index is 12.6. The van der Waals surface area contributed by atoms with E-state index in [2.05, 4.69) is 53.8 Å². The number of pyridine rings is 1. The van der Waals surface area contributed by atoms with Crippen molar-refractivity contribution in [1.82, 2.24) is 4.98 Å². The third-order valence-corrected chi connectivity index (χ3v) is 7.82. The van der Waals surface area contributed by atoms with E-state index < -0.39 is 11.4 Å². The number of rotatable bonds is 15. The molecule has 0 aliphatic heterocycles. The van der Waals surface area contributed by atoms with Crippen LogP contribution < -0.4 is 5.32 Å². The number of nitrogens with one attached hydrogen (secondary N) is 1. The van der Waals surface area contributed by atoms with Gasteiger partial charge in [-0.3, -0.25) is 9.59 Å². The maximum atomic E-state index is 12.6. The number of amides is 1. The van der Waals surface area contributed by atoms with Crippen molar-refractivity contribution in [3.05, 3.63) is 107 Å². The molecule has 3 aromatic carbocycles. The summed E-state index contributed by atoms with van der Waals surface area (Å²) in [7, 11) is 0. The van der Waals surface area contributed by atoms with Gasteiger partial charge in [0.2, 0.25) is 5.91 Å². The van der Waals surface area contributed by atoms with Crippen LogP contribution in [0, 0.1) is 5.41 Å². The van der Waals surface area contributed by atoms with Crippen LogP contribution in [0.2, 0.25) is 0 Å². The third kappa shape index (κ3) is 8.60. The lowest BCUT2D eigenvalue weighted by Crippen LogP contribution is -2.34. The zero-order chi connectivity index (χ0) is 29.8. The SMILES string of the molecule is CCC(CC)(CC(=O)Nc1cccc(/C=C/c2ccc3ccc(COCCCCc4ccccc4)cc3n2)c1)C(=O)O. The number of carbonyl (C=O) groups is 2. The fraction of sp³-hybridized carbons (Fsp3) is 0.306. The first-order valence-electron chi connectivity index (χ1n) is 14.7. The van der Waals surface area contributed by atoms with Gasteiger partial charge < -0.3 is 15.2 Å². The third-order valence-electron chi connectivity index (χ3n) is 7.82. The van der Waals surface area contributed by atoms with Gasteiger partial charge >= 0.3 is 5.97 Å². The normalized spacial score (nSPS) is 11.7. The van der Waals surface area contributed by atoms with Gasteiger partial charge in [0.05, 0.1) is 23.2 Å². The van der Waals surface area contributed by atoms with E-state index in [0.717, 1.165) is 53.6 Å². The minimum atomic E-state index is -1.04. The van der Waals surface area contributed by atoms with Gasteiger partial charge in [-0.25, -0.2) is 4.98 Å². The molecule has 0 saturated heterocycles. The fourth-order valence-corrected chi connectivity index (χ4v) is 5.02. The summed E-state index contributed by atoms with van der Waals surface area (Å²) in [4.78, 5) is 29.2. The molecule has 1 aromatic heterocycles. The number of benzene rings is 3. The number of ether oxygens (including phenoxy) is 1. The van der Waals surface area contributed by atoms with E-state index in [-0.39, 0.29) is 12.3 Å². The molecule has 6 heteroatoms. The average Bonchev–Trinajstić information content (AvgIpc) is 3.01. The van der Waals surface area contributed by atoms with Crippen LogP contribution in [-0.4, -0.2) is 28.6 Å². The van der Waals surface area contributed by atoms with Crippen LogP contribution >= 0.6 is 0 Å². The Kier molecular flexibility index (Phi) is 11.0. The van der Waals surface area contributed by atoms with Crippen LogP contribution in [0.4, 0.5) is 5.69 Å². The van der Waals surface area contributed by atoms with E-state index in [1.54, 1.807) is 19.9 Å². The van der Waals surface area contributed by atoms with Crippen molar-refractivity contribution in [3.8, 4) is 0 Å². The Morgan fingerprint density at radius 2 is 1.67 bits per heavy atom. The Balaban J connectivity index is 1.32. The molecule has 0 fully saturated rings. The number of nitrogens with zero attached hydrogens (tertiary/aromatic N) is 1. The van der Waals surface area contributed by atoms with Gasteiger partial charge in [-0.1, -0.05) is 80.6 Å². The number of fused-ring (bicyclic) bond motifs is 1. The number of carboxylic acids is 1. The van der Waals surface area contributed by atoms with Gasteiger partial charge in [0, 0.05) is 24.1 Å². The molecule has 1 heterocycles. The smallest absolute Gasteiger partial charge is 0.310 e. The predicted octanol–water partition coefficient (Wildman–Crippen LogP) is 8.16. The minimum absolute atomic E-state index is 0.0578. The summed E-state index contributed by atoms with van der Waals surface area (Å²) in [5, 5.41) is 13.6. The molecule has 2 N–H and O–H groups in total. The van der Waals surface area contributed by atoms with Crippen molar-refractivity contribution in [2.75, 3.05) is 11.9 Å². The molecule has 0 spiro atoms. The summed E-state index contributed by atoms with van der Waals surface area (Å²) in [6.45, 7) is 4.91. The molecule has 42 heavy (non-hydrogen) atoms. The second-order valence-corrected chi connectivity index (χ2v) is 10.7. The Bertz CT molecular complexity index is 1510. The van der Waals surface area contributed by atoms with Crippen LogP contribution in [-0.2, 0) is 27.4 Å². The highest BCUT2D eigenvalue weighted by Crippen LogP contribution is 2.31. The van der Waals surface area contributed by atoms with Crippen molar-refractivity contribution in [1.29, 1.82) is 0 Å². The zero-order valence-corrected chi connectivity index (χ0v) is 24.5. The molecule has 0 atom stereocenters. The summed E-state index contributed by atoms with van der Waals surface area (Å²) in [6.07, 6.45) is 7.85. The number of aryl methyl sites for hydroxylation is 1. The van der Waals surface area contributed by atoms with Crippen molar-refractivity contribution in [2.24, 2.45) is 5.41 Å². The monoisotopic (exact) mass is 564 g/mol. The predicted molar refractivity (Wildman–Crippen MR) is 170 cm³/mol. The molecule has 6 nitrogen and oxygen atoms in total. The van der Waals surface area contributed by atoms with E-state index in [0.29, 0.717) is 25.1 Å². The summed E-state index contributed by atoms with van der Waals surface area (Å²) in [6, 6.07) is 28.3. The van der Waals surface area contributed by atoms with Gasteiger partial charge in [-0.05, 0) is 79.1 Å². The molecule has 0 radical (unpaired) electrons. The molecule has 0 bridgehead atoms. The minimum Gasteiger partial charge on any atom is -0.481 e. The largest absolute Gasteiger partial charge is 0.481 e. The average molecular weight is 565 g/mol. The number of anilines is 1. The molecule has 218 valence electrons. The molecular formula is C36H40N2O4. The van der Waals surface area contributed by atoms with Gasteiger partial charge in [0.15, 0.2) is 0 Å². The topological polar surface area (TPSA) is 88.5 Å². The summed E-state index contributed by atoms with van der Waals surface area (Å²) in [5.74, 6) is -1.23. The molecule has 0 aliphatic carbocycles. The van der Waals surface area contributed by atoms with Crippen molar-refractivity contribution < 1.29 is 19.4 Å². The zero-order valence-electron chi connectivity index (χ0n) is 24.5. The van der Waals surface area contributed by atoms with E-state index in [4.69, 9.17) is 9.72 Å². The number of carbonyl (C=O) groups excluding carboxylic acids is 1. The first-order valence-corrected chi connectivity index (χ1v) is 14.7. The van der Waals surface area contributed by atoms with Crippen molar-refractivity contribution in [2.45, 2.75) is 59.0 Å². The second kappa shape index (κ2) is 15.1. The van der Waals surface area contributed by atoms with Crippen LogP contribution in [0.1, 0.15) is 68.3 Å². The quantitative estimate of drug-likeness (QED) is 0.142. The Hall–Kier alpha value is -4.29. The van der Waals surface area contributed by atoms with Crippen LogP contribution in [0.3, 0.4) is 0 Å². The number of carboxylic acid groups (broad SMARTS) is 1. The van der Waals surface area contributed by atoms with Crippen LogP contribution in [0.25, 0.3) is 23.1 Å². The van der Waals surface area contributed by atoms with E-state index >= 15 is 0 Å². The van der Waals surface area contributed by atoms with Crippen molar-refractivity contribution in [3.63, 3.8) is 0 Å². The lowest BCUT2D eigenvalue weighted by Gasteiger charge is -2.25. The van der Waals surface area contributed by atoms with Gasteiger partial charge in [-0.15, -0.1) is 0 Å². The first-order chi connectivity index (χ1) is 20.4. The highest BCUT2D eigenvalue weighted by Gasteiger charge is 2.37. The number of unbranched alkanes of at least 4 members (excludes halogenated alkanes) is 1. The molecule has 1 amide bonds. The number of aliphatic carboxylic acids is 1. The molecule has 0 unspecified atom stereocenters. The summed E-state index contributed by atoms with van der Waals surface area (Å²) < 4.78 is 5.93. The number of hydrogen-bond donors (Lipinski definition) is 2. The molecule has 4 rings (SSSR count). The molecule has 0 aliphatic rings. The molecule has 4 aromatic rings. The highest BCUT2D eigenvalue weighted by atomic mass is 16.5. The first kappa shape index (κ1) is 30.7. The van der Waals surface area contributed by atoms with E-state index in [1.807, 2.05) is 42.5 Å². The summed E-state index contributed by atoms with van der Waals surface area (Å²) >= 11 is 0. The second-order valence-electron chi connectivity index (χ2n) is 10.7. The molecular weight excluding hydrogens is 524 g/mol. The highest BCUT2D eigenvalue weighted by molar-refractivity contribution is 5.94. The lowest BCUT2D eigenvalue weighted by atomic mass is 9.79. The van der Waals surface area contributed by atoms with Gasteiger partial charge in [-0.2, -0.15) is 0 Å². The Morgan fingerprint density at radius 3 is 2.43 bits per heavy atom. The number of hydrogen-bond acceptors (Lipinski definition) is 4.